The Morgan fingerprint density at radius 1 is 1.21 bits per heavy atom. The van der Waals surface area contributed by atoms with Crippen molar-refractivity contribution in [3.8, 4) is 5.75 Å². The van der Waals surface area contributed by atoms with Crippen molar-refractivity contribution in [1.82, 2.24) is 4.90 Å². The van der Waals surface area contributed by atoms with Crippen molar-refractivity contribution in [2.45, 2.75) is 12.8 Å². The summed E-state index contributed by atoms with van der Waals surface area (Å²) in [5.41, 5.74) is 2.71. The highest BCUT2D eigenvalue weighted by Crippen LogP contribution is 2.26. The molecule has 76 valence electrons. The van der Waals surface area contributed by atoms with E-state index in [0.717, 1.165) is 29.5 Å². The van der Waals surface area contributed by atoms with Crippen molar-refractivity contribution in [2.75, 3.05) is 20.1 Å². The first-order valence-corrected chi connectivity index (χ1v) is 5.93. The quantitative estimate of drug-likeness (QED) is 0.741. The molecule has 0 fully saturated rings. The van der Waals surface area contributed by atoms with Crippen molar-refractivity contribution in [3.63, 3.8) is 0 Å². The van der Waals surface area contributed by atoms with Gasteiger partial charge in [-0.15, -0.1) is 0 Å². The van der Waals surface area contributed by atoms with Crippen molar-refractivity contribution < 1.29 is 5.11 Å². The summed E-state index contributed by atoms with van der Waals surface area (Å²) in [5.74, 6) is 0.425. The highest BCUT2D eigenvalue weighted by Gasteiger charge is 2.12. The Hall–Kier alpha value is -0.290. The van der Waals surface area contributed by atoms with Crippen molar-refractivity contribution in [2.24, 2.45) is 0 Å². The van der Waals surface area contributed by atoms with Crippen LogP contribution >= 0.6 is 22.6 Å². The lowest BCUT2D eigenvalue weighted by atomic mass is 10.0. The van der Waals surface area contributed by atoms with E-state index < -0.39 is 0 Å². The summed E-state index contributed by atoms with van der Waals surface area (Å²) in [4.78, 5) is 2.34. The van der Waals surface area contributed by atoms with Gasteiger partial charge in [0.05, 0.1) is 3.57 Å². The van der Waals surface area contributed by atoms with E-state index in [4.69, 9.17) is 0 Å². The van der Waals surface area contributed by atoms with Crippen LogP contribution in [0, 0.1) is 3.57 Å². The molecule has 1 aromatic carbocycles. The Kier molecular flexibility index (Phi) is 2.97. The zero-order valence-electron chi connectivity index (χ0n) is 8.26. The molecule has 0 aliphatic carbocycles. The summed E-state index contributed by atoms with van der Waals surface area (Å²) in [5, 5.41) is 9.61. The van der Waals surface area contributed by atoms with Gasteiger partial charge >= 0.3 is 0 Å². The molecule has 0 bridgehead atoms. The molecule has 0 spiro atoms. The fourth-order valence-corrected chi connectivity index (χ4v) is 2.38. The Morgan fingerprint density at radius 3 is 2.43 bits per heavy atom. The molecule has 1 aliphatic rings. The molecule has 0 atom stereocenters. The van der Waals surface area contributed by atoms with E-state index in [-0.39, 0.29) is 0 Å². The Bertz CT molecular complexity index is 318. The monoisotopic (exact) mass is 303 g/mol. The lowest BCUT2D eigenvalue weighted by molar-refractivity contribution is 0.352. The molecule has 14 heavy (non-hydrogen) atoms. The van der Waals surface area contributed by atoms with Gasteiger partial charge in [-0.1, -0.05) is 0 Å². The van der Waals surface area contributed by atoms with Gasteiger partial charge in [-0.25, -0.2) is 0 Å². The van der Waals surface area contributed by atoms with Crippen LogP contribution in [0.25, 0.3) is 0 Å². The molecule has 0 saturated carbocycles. The van der Waals surface area contributed by atoms with Crippen molar-refractivity contribution in [1.29, 1.82) is 0 Å². The van der Waals surface area contributed by atoms with Crippen LogP contribution in [-0.2, 0) is 12.8 Å². The molecule has 1 aromatic rings. The van der Waals surface area contributed by atoms with Crippen molar-refractivity contribution in [3.05, 3.63) is 26.8 Å². The van der Waals surface area contributed by atoms with Gasteiger partial charge in [-0.05, 0) is 65.7 Å². The third-order valence-corrected chi connectivity index (χ3v) is 3.66. The van der Waals surface area contributed by atoms with E-state index in [0.29, 0.717) is 5.75 Å². The Balaban J connectivity index is 2.36. The fourth-order valence-electron chi connectivity index (χ4n) is 1.85. The summed E-state index contributed by atoms with van der Waals surface area (Å²) >= 11 is 2.18. The minimum absolute atomic E-state index is 0.425. The Morgan fingerprint density at radius 2 is 1.79 bits per heavy atom. The third kappa shape index (κ3) is 2.03. The fraction of sp³-hybridized carbons (Fsp3) is 0.455. The van der Waals surface area contributed by atoms with Crippen LogP contribution in [0.15, 0.2) is 12.1 Å². The number of aromatic hydroxyl groups is 1. The average molecular weight is 303 g/mol. The predicted octanol–water partition coefficient (Wildman–Crippen LogP) is 2.03. The first kappa shape index (κ1) is 10.2. The van der Waals surface area contributed by atoms with Crippen LogP contribution in [0.4, 0.5) is 0 Å². The number of fused-ring (bicyclic) bond motifs is 1. The minimum Gasteiger partial charge on any atom is -0.507 e. The van der Waals surface area contributed by atoms with Crippen LogP contribution < -0.4 is 0 Å². The van der Waals surface area contributed by atoms with E-state index in [1.54, 1.807) is 0 Å². The van der Waals surface area contributed by atoms with Crippen LogP contribution in [0.5, 0.6) is 5.75 Å². The van der Waals surface area contributed by atoms with Gasteiger partial charge in [0.1, 0.15) is 5.75 Å². The summed E-state index contributed by atoms with van der Waals surface area (Å²) in [6.45, 7) is 2.21. The number of nitrogens with zero attached hydrogens (tertiary/aromatic N) is 1. The van der Waals surface area contributed by atoms with Gasteiger partial charge in [0.2, 0.25) is 0 Å². The summed E-state index contributed by atoms with van der Waals surface area (Å²) < 4.78 is 0.964. The second-order valence-electron chi connectivity index (χ2n) is 3.88. The number of likely N-dealkylation sites (N-methyl/N-ethyl adjacent to an activating group) is 1. The van der Waals surface area contributed by atoms with E-state index in [1.807, 2.05) is 6.07 Å². The first-order chi connectivity index (χ1) is 6.66. The maximum Gasteiger partial charge on any atom is 0.129 e. The molecule has 2 rings (SSSR count). The van der Waals surface area contributed by atoms with Crippen LogP contribution in [0.2, 0.25) is 0 Å². The molecule has 3 heteroatoms. The molecule has 1 aliphatic heterocycles. The second kappa shape index (κ2) is 4.06. The predicted molar refractivity (Wildman–Crippen MR) is 65.7 cm³/mol. The molecule has 0 aromatic heterocycles. The van der Waals surface area contributed by atoms with Gasteiger partial charge in [0.25, 0.3) is 0 Å². The van der Waals surface area contributed by atoms with Crippen molar-refractivity contribution >= 4 is 22.6 Å². The van der Waals surface area contributed by atoms with E-state index in [1.165, 1.54) is 11.1 Å². The number of benzene rings is 1. The van der Waals surface area contributed by atoms with Crippen LogP contribution in [-0.4, -0.2) is 30.1 Å². The number of hydrogen-bond acceptors (Lipinski definition) is 2. The molecule has 0 amide bonds. The maximum atomic E-state index is 9.61. The normalized spacial score (nSPS) is 17.6. The lowest BCUT2D eigenvalue weighted by Crippen LogP contribution is -2.20. The van der Waals surface area contributed by atoms with E-state index in [9.17, 15) is 5.11 Å². The topological polar surface area (TPSA) is 23.5 Å². The summed E-state index contributed by atoms with van der Waals surface area (Å²) in [7, 11) is 2.15. The molecule has 2 nitrogen and oxygen atoms in total. The van der Waals surface area contributed by atoms with Crippen LogP contribution in [0.3, 0.4) is 0 Å². The first-order valence-electron chi connectivity index (χ1n) is 4.85. The highest BCUT2D eigenvalue weighted by atomic mass is 127. The number of phenols is 1. The number of rotatable bonds is 0. The van der Waals surface area contributed by atoms with Gasteiger partial charge in [0.15, 0.2) is 0 Å². The number of phenolic OH excluding ortho intramolecular Hbond substituents is 1. The standard InChI is InChI=1S/C11H14INO/c1-13-4-2-8-6-10(12)11(14)7-9(8)3-5-13/h6-7,14H,2-5H2,1H3. The largest absolute Gasteiger partial charge is 0.507 e. The zero-order chi connectivity index (χ0) is 10.1. The SMILES string of the molecule is CN1CCc2cc(O)c(I)cc2CC1. The average Bonchev–Trinajstić information content (AvgIpc) is 2.31. The van der Waals surface area contributed by atoms with E-state index >= 15 is 0 Å². The molecular formula is C11H14INO. The highest BCUT2D eigenvalue weighted by molar-refractivity contribution is 14.1. The lowest BCUT2D eigenvalue weighted by Gasteiger charge is -2.10. The Labute approximate surface area is 98.1 Å². The number of halogens is 1. The summed E-state index contributed by atoms with van der Waals surface area (Å²) in [6.07, 6.45) is 2.15. The molecular weight excluding hydrogens is 289 g/mol. The van der Waals surface area contributed by atoms with Crippen LogP contribution in [0.1, 0.15) is 11.1 Å². The maximum absolute atomic E-state index is 9.61. The summed E-state index contributed by atoms with van der Waals surface area (Å²) in [6, 6.07) is 4.04. The minimum atomic E-state index is 0.425. The van der Waals surface area contributed by atoms with Gasteiger partial charge in [-0.2, -0.15) is 0 Å². The second-order valence-corrected chi connectivity index (χ2v) is 5.04. The van der Waals surface area contributed by atoms with E-state index in [2.05, 4.69) is 40.6 Å². The van der Waals surface area contributed by atoms with Gasteiger partial charge in [0, 0.05) is 13.1 Å². The van der Waals surface area contributed by atoms with Gasteiger partial charge in [-0.3, -0.25) is 0 Å². The third-order valence-electron chi connectivity index (χ3n) is 2.79. The zero-order valence-corrected chi connectivity index (χ0v) is 10.4. The van der Waals surface area contributed by atoms with Gasteiger partial charge < -0.3 is 10.0 Å². The number of hydrogen-bond donors (Lipinski definition) is 1. The molecule has 0 unspecified atom stereocenters. The molecule has 0 radical (unpaired) electrons. The molecule has 1 N–H and O–H groups in total. The molecule has 0 saturated heterocycles. The molecule has 1 heterocycles. The smallest absolute Gasteiger partial charge is 0.129 e.